The molecule has 0 spiro atoms. The average molecular weight is 519 g/mol. The molecule has 0 bridgehead atoms. The van der Waals surface area contributed by atoms with E-state index in [1.54, 1.807) is 34.4 Å². The van der Waals surface area contributed by atoms with Crippen LogP contribution in [-0.4, -0.2) is 41.2 Å². The molecule has 0 saturated carbocycles. The van der Waals surface area contributed by atoms with Crippen LogP contribution in [0.25, 0.3) is 0 Å². The molecule has 4 rings (SSSR count). The van der Waals surface area contributed by atoms with E-state index in [0.717, 1.165) is 30.4 Å². The lowest BCUT2D eigenvalue weighted by atomic mass is 9.93. The number of hydrogen-bond acceptors (Lipinski definition) is 3. The zero-order chi connectivity index (χ0) is 26.2. The summed E-state index contributed by atoms with van der Waals surface area (Å²) in [4.78, 5) is 31.7. The van der Waals surface area contributed by atoms with Crippen molar-refractivity contribution in [3.05, 3.63) is 106 Å². The number of fused-ring (bicyclic) bond motifs is 1. The lowest BCUT2D eigenvalue weighted by Crippen LogP contribution is -2.46. The predicted molar refractivity (Wildman–Crippen MR) is 148 cm³/mol. The van der Waals surface area contributed by atoms with Crippen LogP contribution >= 0.6 is 11.3 Å². The molecule has 0 N–H and O–H groups in total. The number of nitrogens with zero attached hydrogens (tertiary/aromatic N) is 2. The van der Waals surface area contributed by atoms with Gasteiger partial charge in [-0.1, -0.05) is 56.5 Å². The van der Waals surface area contributed by atoms with Crippen LogP contribution in [0.2, 0.25) is 0 Å². The third-order valence-corrected chi connectivity index (χ3v) is 7.95. The summed E-state index contributed by atoms with van der Waals surface area (Å²) in [5.74, 6) is -0.621. The average Bonchev–Trinajstić information content (AvgIpc) is 3.40. The Morgan fingerprint density at radius 2 is 1.84 bits per heavy atom. The first-order chi connectivity index (χ1) is 18.0. The number of hydrogen-bond donors (Lipinski definition) is 0. The molecule has 2 amide bonds. The topological polar surface area (TPSA) is 40.6 Å². The fraction of sp³-hybridized carbons (Fsp3) is 0.355. The van der Waals surface area contributed by atoms with Gasteiger partial charge in [0, 0.05) is 23.5 Å². The molecule has 1 atom stereocenters. The van der Waals surface area contributed by atoms with E-state index in [-0.39, 0.29) is 36.8 Å². The van der Waals surface area contributed by atoms with E-state index in [4.69, 9.17) is 0 Å². The number of halogens is 1. The number of rotatable bonds is 11. The van der Waals surface area contributed by atoms with E-state index >= 15 is 0 Å². The molecule has 194 valence electrons. The highest BCUT2D eigenvalue weighted by atomic mass is 32.1. The first-order valence-corrected chi connectivity index (χ1v) is 14.0. The molecule has 3 aromatic rings. The molecule has 0 saturated heterocycles. The Balaban J connectivity index is 1.49. The Kier molecular flexibility index (Phi) is 9.29. The van der Waals surface area contributed by atoms with Crippen LogP contribution in [0.5, 0.6) is 0 Å². The molecule has 1 aliphatic rings. The van der Waals surface area contributed by atoms with Crippen molar-refractivity contribution in [2.75, 3.05) is 19.6 Å². The van der Waals surface area contributed by atoms with Gasteiger partial charge in [0.15, 0.2) is 0 Å². The smallest absolute Gasteiger partial charge is 0.254 e. The zero-order valence-electron chi connectivity index (χ0n) is 21.5. The molecule has 2 aromatic carbocycles. The summed E-state index contributed by atoms with van der Waals surface area (Å²) in [6, 6.07) is 15.8. The number of unbranched alkanes of at least 4 members (excludes halogenated alkanes) is 3. The van der Waals surface area contributed by atoms with Crippen LogP contribution < -0.4 is 0 Å². The molecule has 4 nitrogen and oxygen atoms in total. The Morgan fingerprint density at radius 1 is 1.08 bits per heavy atom. The normalized spacial score (nSPS) is 14.8. The van der Waals surface area contributed by atoms with Crippen molar-refractivity contribution >= 4 is 23.2 Å². The summed E-state index contributed by atoms with van der Waals surface area (Å²) in [7, 11) is 0. The monoisotopic (exact) mass is 518 g/mol. The van der Waals surface area contributed by atoms with E-state index < -0.39 is 0 Å². The summed E-state index contributed by atoms with van der Waals surface area (Å²) < 4.78 is 13.6. The van der Waals surface area contributed by atoms with Crippen LogP contribution in [-0.2, 0) is 17.6 Å². The summed E-state index contributed by atoms with van der Waals surface area (Å²) in [5.41, 5.74) is 3.74. The maximum atomic E-state index is 13.7. The molecule has 2 heterocycles. The Morgan fingerprint density at radius 3 is 2.54 bits per heavy atom. The van der Waals surface area contributed by atoms with Crippen molar-refractivity contribution in [3.63, 3.8) is 0 Å². The summed E-state index contributed by atoms with van der Waals surface area (Å²) >= 11 is 1.68. The predicted octanol–water partition coefficient (Wildman–Crippen LogP) is 6.81. The van der Waals surface area contributed by atoms with Gasteiger partial charge in [-0.25, -0.2) is 4.39 Å². The van der Waals surface area contributed by atoms with E-state index in [1.807, 2.05) is 40.6 Å². The molecular formula is C31H35FN2O2S. The SMILES string of the molecule is C=CCN(CC(=O)N1CCc2sccc2C1c1ccc(F)cc1)C(=O)c1ccc(CCCCCC)cc1. The lowest BCUT2D eigenvalue weighted by Gasteiger charge is -2.37. The van der Waals surface area contributed by atoms with Crippen molar-refractivity contribution in [2.45, 2.75) is 51.5 Å². The number of amides is 2. The number of thiophene rings is 1. The highest BCUT2D eigenvalue weighted by Crippen LogP contribution is 2.38. The van der Waals surface area contributed by atoms with Gasteiger partial charge in [0.05, 0.1) is 6.04 Å². The third kappa shape index (κ3) is 6.55. The fourth-order valence-corrected chi connectivity index (χ4v) is 5.88. The number of aryl methyl sites for hydroxylation is 1. The van der Waals surface area contributed by atoms with E-state index in [0.29, 0.717) is 12.1 Å². The lowest BCUT2D eigenvalue weighted by molar-refractivity contribution is -0.133. The van der Waals surface area contributed by atoms with Gasteiger partial charge < -0.3 is 9.80 Å². The number of carbonyl (C=O) groups excluding carboxylic acids is 2. The van der Waals surface area contributed by atoms with E-state index in [1.165, 1.54) is 41.8 Å². The second-order valence-electron chi connectivity index (χ2n) is 9.57. The van der Waals surface area contributed by atoms with Crippen molar-refractivity contribution < 1.29 is 14.0 Å². The Hall–Kier alpha value is -3.25. The maximum Gasteiger partial charge on any atom is 0.254 e. The minimum atomic E-state index is -0.308. The van der Waals surface area contributed by atoms with Gasteiger partial charge in [0.2, 0.25) is 5.91 Å². The van der Waals surface area contributed by atoms with E-state index in [9.17, 15) is 14.0 Å². The first kappa shape index (κ1) is 26.8. The van der Waals surface area contributed by atoms with Crippen LogP contribution in [0, 0.1) is 5.82 Å². The van der Waals surface area contributed by atoms with Crippen LogP contribution in [0.4, 0.5) is 4.39 Å². The quantitative estimate of drug-likeness (QED) is 0.207. The van der Waals surface area contributed by atoms with Crippen LogP contribution in [0.3, 0.4) is 0 Å². The number of benzene rings is 2. The van der Waals surface area contributed by atoms with Gasteiger partial charge in [0.1, 0.15) is 12.4 Å². The highest BCUT2D eigenvalue weighted by Gasteiger charge is 2.34. The van der Waals surface area contributed by atoms with Gasteiger partial charge in [-0.05, 0) is 71.7 Å². The number of carbonyl (C=O) groups is 2. The van der Waals surface area contributed by atoms with Crippen molar-refractivity contribution in [3.8, 4) is 0 Å². The van der Waals surface area contributed by atoms with Crippen LogP contribution in [0.1, 0.15) is 70.6 Å². The zero-order valence-corrected chi connectivity index (χ0v) is 22.3. The third-order valence-electron chi connectivity index (χ3n) is 6.95. The van der Waals surface area contributed by atoms with E-state index in [2.05, 4.69) is 13.5 Å². The van der Waals surface area contributed by atoms with Gasteiger partial charge in [-0.15, -0.1) is 17.9 Å². The molecule has 1 aromatic heterocycles. The summed E-state index contributed by atoms with van der Waals surface area (Å²) in [5, 5.41) is 2.04. The molecule has 1 unspecified atom stereocenters. The molecule has 0 aliphatic carbocycles. The summed E-state index contributed by atoms with van der Waals surface area (Å²) in [6.07, 6.45) is 8.25. The second kappa shape index (κ2) is 12.8. The van der Waals surface area contributed by atoms with Crippen molar-refractivity contribution in [2.24, 2.45) is 0 Å². The molecule has 0 radical (unpaired) electrons. The van der Waals surface area contributed by atoms with Crippen molar-refractivity contribution in [1.29, 1.82) is 0 Å². The molecule has 0 fully saturated rings. The van der Waals surface area contributed by atoms with Crippen LogP contribution in [0.15, 0.2) is 72.6 Å². The summed E-state index contributed by atoms with van der Waals surface area (Å²) in [6.45, 7) is 6.79. The largest absolute Gasteiger partial charge is 0.330 e. The highest BCUT2D eigenvalue weighted by molar-refractivity contribution is 7.10. The molecule has 1 aliphatic heterocycles. The molecule has 37 heavy (non-hydrogen) atoms. The fourth-order valence-electron chi connectivity index (χ4n) is 4.97. The molecule has 6 heteroatoms. The second-order valence-corrected chi connectivity index (χ2v) is 10.6. The maximum absolute atomic E-state index is 13.7. The minimum absolute atomic E-state index is 0.0409. The van der Waals surface area contributed by atoms with Crippen molar-refractivity contribution in [1.82, 2.24) is 9.80 Å². The van der Waals surface area contributed by atoms with Gasteiger partial charge in [-0.2, -0.15) is 0 Å². The minimum Gasteiger partial charge on any atom is -0.330 e. The first-order valence-electron chi connectivity index (χ1n) is 13.1. The Bertz CT molecular complexity index is 1200. The molecular weight excluding hydrogens is 483 g/mol. The van der Waals surface area contributed by atoms with Gasteiger partial charge >= 0.3 is 0 Å². The standard InChI is InChI=1S/C31H35FN2O2S/c1-3-5-6-7-8-23-9-11-25(12-10-23)31(36)33(19-4-2)22-29(35)34-20-17-28-27(18-21-37-28)30(34)24-13-15-26(32)16-14-24/h4,9-16,18,21,30H,2-3,5-8,17,19-20,22H2,1H3. The Labute approximate surface area is 223 Å². The van der Waals surface area contributed by atoms with Gasteiger partial charge in [-0.3, -0.25) is 9.59 Å². The van der Waals surface area contributed by atoms with Gasteiger partial charge in [0.25, 0.3) is 5.91 Å².